The van der Waals surface area contributed by atoms with Gasteiger partial charge in [0, 0.05) is 23.0 Å². The number of thioether (sulfide) groups is 1. The highest BCUT2D eigenvalue weighted by molar-refractivity contribution is 8.00. The lowest BCUT2D eigenvalue weighted by molar-refractivity contribution is -0.113. The lowest BCUT2D eigenvalue weighted by Gasteiger charge is -2.06. The minimum Gasteiger partial charge on any atom is -0.323 e. The van der Waals surface area contributed by atoms with Gasteiger partial charge in [0.15, 0.2) is 0 Å². The van der Waals surface area contributed by atoms with Crippen molar-refractivity contribution in [1.82, 2.24) is 14.6 Å². The van der Waals surface area contributed by atoms with Gasteiger partial charge in [0.2, 0.25) is 5.91 Å². The quantitative estimate of drug-likeness (QED) is 0.473. The number of halogens is 2. The van der Waals surface area contributed by atoms with E-state index in [9.17, 15) is 9.18 Å². The van der Waals surface area contributed by atoms with Gasteiger partial charge in [0.05, 0.1) is 22.7 Å². The van der Waals surface area contributed by atoms with Crippen LogP contribution in [0.3, 0.4) is 0 Å². The fourth-order valence-electron chi connectivity index (χ4n) is 2.65. The summed E-state index contributed by atoms with van der Waals surface area (Å²) in [6.45, 7) is 0. The monoisotopic (exact) mass is 412 g/mol. The van der Waals surface area contributed by atoms with Gasteiger partial charge >= 0.3 is 0 Å². The molecule has 8 heteroatoms. The maximum absolute atomic E-state index is 13.7. The van der Waals surface area contributed by atoms with Crippen molar-refractivity contribution >= 4 is 40.5 Å². The number of carbonyl (C=O) groups is 1. The molecule has 2 aromatic heterocycles. The fourth-order valence-corrected chi connectivity index (χ4v) is 3.56. The molecule has 0 atom stereocenters. The van der Waals surface area contributed by atoms with Gasteiger partial charge in [-0.1, -0.05) is 47.6 Å². The minimum absolute atomic E-state index is 0.0997. The molecule has 0 spiro atoms. The Kier molecular flexibility index (Phi) is 5.27. The Morgan fingerprint density at radius 1 is 1.18 bits per heavy atom. The second kappa shape index (κ2) is 8.00. The zero-order valence-electron chi connectivity index (χ0n) is 14.5. The zero-order chi connectivity index (χ0) is 19.5. The molecule has 0 aliphatic rings. The van der Waals surface area contributed by atoms with Crippen LogP contribution in [-0.4, -0.2) is 26.3 Å². The molecule has 0 radical (unpaired) electrons. The molecule has 5 nitrogen and oxygen atoms in total. The van der Waals surface area contributed by atoms with Crippen LogP contribution in [0.15, 0.2) is 72.0 Å². The number of hydrogen-bond donors (Lipinski definition) is 1. The van der Waals surface area contributed by atoms with E-state index in [1.165, 1.54) is 23.9 Å². The molecular formula is C20H14ClFN4OS. The van der Waals surface area contributed by atoms with Gasteiger partial charge in [0.1, 0.15) is 10.8 Å². The lowest BCUT2D eigenvalue weighted by atomic mass is 10.1. The van der Waals surface area contributed by atoms with Crippen molar-refractivity contribution in [2.75, 3.05) is 11.1 Å². The average Bonchev–Trinajstić information content (AvgIpc) is 3.13. The topological polar surface area (TPSA) is 59.3 Å². The van der Waals surface area contributed by atoms with Gasteiger partial charge in [-0.25, -0.2) is 13.9 Å². The van der Waals surface area contributed by atoms with Crippen LogP contribution >= 0.6 is 23.4 Å². The van der Waals surface area contributed by atoms with Crippen molar-refractivity contribution in [3.63, 3.8) is 0 Å². The van der Waals surface area contributed by atoms with Crippen LogP contribution in [-0.2, 0) is 4.79 Å². The number of rotatable bonds is 5. The van der Waals surface area contributed by atoms with E-state index in [1.54, 1.807) is 29.0 Å². The van der Waals surface area contributed by atoms with Crippen molar-refractivity contribution in [1.29, 1.82) is 0 Å². The van der Waals surface area contributed by atoms with E-state index in [0.717, 1.165) is 16.8 Å². The van der Waals surface area contributed by atoms with E-state index >= 15 is 0 Å². The zero-order valence-corrected chi connectivity index (χ0v) is 16.0. The largest absolute Gasteiger partial charge is 0.323 e. The highest BCUT2D eigenvalue weighted by Gasteiger charge is 2.12. The molecule has 4 aromatic rings. The minimum atomic E-state index is -0.468. The first kappa shape index (κ1) is 18.5. The highest BCUT2D eigenvalue weighted by atomic mass is 35.5. The number of nitrogens with zero attached hydrogens (tertiary/aromatic N) is 3. The molecule has 1 amide bonds. The molecule has 0 aliphatic heterocycles. The van der Waals surface area contributed by atoms with E-state index in [1.807, 2.05) is 30.3 Å². The van der Waals surface area contributed by atoms with Crippen LogP contribution in [0.5, 0.6) is 0 Å². The van der Waals surface area contributed by atoms with Crippen LogP contribution in [0.1, 0.15) is 0 Å². The van der Waals surface area contributed by atoms with Crippen LogP contribution in [0.2, 0.25) is 5.02 Å². The van der Waals surface area contributed by atoms with Crippen molar-refractivity contribution in [3.05, 3.63) is 77.8 Å². The second-order valence-electron chi connectivity index (χ2n) is 5.92. The molecule has 0 saturated carbocycles. The number of carbonyl (C=O) groups excluding carboxylic acids is 1. The summed E-state index contributed by atoms with van der Waals surface area (Å²) in [4.78, 5) is 16.5. The number of fused-ring (bicyclic) bond motifs is 1. The summed E-state index contributed by atoms with van der Waals surface area (Å²) in [7, 11) is 0. The van der Waals surface area contributed by atoms with Gasteiger partial charge < -0.3 is 5.32 Å². The number of benzene rings is 2. The molecule has 28 heavy (non-hydrogen) atoms. The second-order valence-corrected chi connectivity index (χ2v) is 7.32. The van der Waals surface area contributed by atoms with Gasteiger partial charge in [-0.2, -0.15) is 5.10 Å². The molecule has 1 N–H and O–H groups in total. The number of hydrogen-bond acceptors (Lipinski definition) is 4. The molecule has 2 aromatic carbocycles. The van der Waals surface area contributed by atoms with Crippen molar-refractivity contribution in [2.24, 2.45) is 0 Å². The summed E-state index contributed by atoms with van der Waals surface area (Å²) in [5.74, 6) is -0.677. The Labute approximate surface area is 169 Å². The van der Waals surface area contributed by atoms with Crippen molar-refractivity contribution in [2.45, 2.75) is 5.03 Å². The van der Waals surface area contributed by atoms with E-state index < -0.39 is 5.82 Å². The van der Waals surface area contributed by atoms with Gasteiger partial charge in [-0.05, 0) is 30.3 Å². The molecule has 2 heterocycles. The number of nitrogens with one attached hydrogen (secondary N) is 1. The highest BCUT2D eigenvalue weighted by Crippen LogP contribution is 2.27. The van der Waals surface area contributed by atoms with E-state index in [0.29, 0.717) is 10.0 Å². The van der Waals surface area contributed by atoms with Gasteiger partial charge in [-0.3, -0.25) is 4.79 Å². The molecule has 0 bridgehead atoms. The molecule has 0 aliphatic carbocycles. The molecule has 140 valence electrons. The van der Waals surface area contributed by atoms with Crippen LogP contribution in [0.25, 0.3) is 16.8 Å². The third-order valence-corrected chi connectivity index (χ3v) is 5.23. The molecular weight excluding hydrogens is 399 g/mol. The van der Waals surface area contributed by atoms with E-state index in [4.69, 9.17) is 11.6 Å². The maximum atomic E-state index is 13.7. The Hall–Kier alpha value is -2.90. The maximum Gasteiger partial charge on any atom is 0.234 e. The normalized spacial score (nSPS) is 10.9. The van der Waals surface area contributed by atoms with Crippen LogP contribution < -0.4 is 5.32 Å². The van der Waals surface area contributed by atoms with Crippen LogP contribution in [0, 0.1) is 5.82 Å². The van der Waals surface area contributed by atoms with Gasteiger partial charge in [0.25, 0.3) is 0 Å². The number of amides is 1. The third-order valence-electron chi connectivity index (χ3n) is 3.98. The predicted molar refractivity (Wildman–Crippen MR) is 109 cm³/mol. The Bertz CT molecular complexity index is 1150. The molecule has 4 rings (SSSR count). The number of aromatic nitrogens is 3. The summed E-state index contributed by atoms with van der Waals surface area (Å²) < 4.78 is 15.4. The predicted octanol–water partition coefficient (Wildman–Crippen LogP) is 4.92. The van der Waals surface area contributed by atoms with Gasteiger partial charge in [-0.15, -0.1) is 0 Å². The smallest absolute Gasteiger partial charge is 0.234 e. The summed E-state index contributed by atoms with van der Waals surface area (Å²) in [5, 5.41) is 8.44. The fraction of sp³-hybridized carbons (Fsp3) is 0.0500. The Morgan fingerprint density at radius 2 is 1.96 bits per heavy atom. The Balaban J connectivity index is 1.51. The summed E-state index contributed by atoms with van der Waals surface area (Å²) in [5.41, 5.74) is 2.66. The molecule has 0 saturated heterocycles. The van der Waals surface area contributed by atoms with Crippen molar-refractivity contribution in [3.8, 4) is 11.3 Å². The molecule has 0 unspecified atom stereocenters. The standard InChI is InChI=1S/C20H14ClFN4OS/c21-14-7-5-13(6-8-14)17-11-18-20(23-9-10-26(18)25-17)28-12-19(27)24-16-4-2-1-3-15(16)22/h1-11H,12H2,(H,24,27). The van der Waals surface area contributed by atoms with E-state index in [-0.39, 0.29) is 17.3 Å². The summed E-state index contributed by atoms with van der Waals surface area (Å²) in [6, 6.07) is 15.4. The average molecular weight is 413 g/mol. The van der Waals surface area contributed by atoms with Crippen LogP contribution in [0.4, 0.5) is 10.1 Å². The summed E-state index contributed by atoms with van der Waals surface area (Å²) >= 11 is 7.21. The third kappa shape index (κ3) is 4.00. The van der Waals surface area contributed by atoms with E-state index in [2.05, 4.69) is 15.4 Å². The number of anilines is 1. The Morgan fingerprint density at radius 3 is 2.75 bits per heavy atom. The summed E-state index contributed by atoms with van der Waals surface area (Å²) in [6.07, 6.45) is 3.38. The first-order valence-corrected chi connectivity index (χ1v) is 9.74. The molecule has 0 fully saturated rings. The number of para-hydroxylation sites is 1. The first-order chi connectivity index (χ1) is 13.6. The first-order valence-electron chi connectivity index (χ1n) is 8.38. The lowest BCUT2D eigenvalue weighted by Crippen LogP contribution is -2.15. The van der Waals surface area contributed by atoms with Crippen molar-refractivity contribution < 1.29 is 9.18 Å². The SMILES string of the molecule is O=C(CSc1nccn2nc(-c3ccc(Cl)cc3)cc12)Nc1ccccc1F.